The van der Waals surface area contributed by atoms with Gasteiger partial charge in [-0.1, -0.05) is 35.1 Å². The summed E-state index contributed by atoms with van der Waals surface area (Å²) in [6.45, 7) is 5.15. The van der Waals surface area contributed by atoms with Crippen LogP contribution in [0.25, 0.3) is 0 Å². The Kier molecular flexibility index (Phi) is 4.03. The molecule has 0 bridgehead atoms. The molecule has 2 fully saturated rings. The molecule has 1 aliphatic carbocycles. The van der Waals surface area contributed by atoms with Crippen molar-refractivity contribution >= 4 is 28.1 Å². The van der Waals surface area contributed by atoms with Crippen molar-refractivity contribution in [1.29, 1.82) is 0 Å². The third-order valence-electron chi connectivity index (χ3n) is 4.29. The zero-order valence-corrected chi connectivity index (χ0v) is 14.0. The van der Waals surface area contributed by atoms with Gasteiger partial charge in [0.25, 0.3) is 0 Å². The molecule has 2 heterocycles. The fourth-order valence-electron chi connectivity index (χ4n) is 2.84. The second-order valence-corrected chi connectivity index (χ2v) is 7.51. The average Bonchev–Trinajstić information content (AvgIpc) is 3.26. The maximum absolute atomic E-state index is 6.06. The van der Waals surface area contributed by atoms with Crippen LogP contribution in [0.1, 0.15) is 29.3 Å². The van der Waals surface area contributed by atoms with E-state index in [1.807, 2.05) is 12.1 Å². The highest BCUT2D eigenvalue weighted by atomic mass is 35.5. The smallest absolute Gasteiger partial charge is 0.208 e. The average molecular weight is 335 g/mol. The standard InChI is InChI=1S/C16H19ClN4S/c17-14-3-1-2-12(10-14)11-20-6-8-21(9-7-20)16-19-18-15(22-16)13-4-5-13/h1-3,10,13H,4-9,11H2. The Hall–Kier alpha value is -1.17. The first-order valence-electron chi connectivity index (χ1n) is 7.83. The molecule has 1 saturated heterocycles. The lowest BCUT2D eigenvalue weighted by molar-refractivity contribution is 0.249. The molecule has 1 saturated carbocycles. The van der Waals surface area contributed by atoms with Crippen molar-refractivity contribution in [2.24, 2.45) is 0 Å². The number of hydrogen-bond donors (Lipinski definition) is 0. The second-order valence-electron chi connectivity index (χ2n) is 6.09. The van der Waals surface area contributed by atoms with Crippen LogP contribution in [0.4, 0.5) is 5.13 Å². The fourth-order valence-corrected chi connectivity index (χ4v) is 4.12. The molecular weight excluding hydrogens is 316 g/mol. The molecule has 2 aliphatic rings. The molecule has 1 aliphatic heterocycles. The van der Waals surface area contributed by atoms with Crippen LogP contribution >= 0.6 is 22.9 Å². The zero-order chi connectivity index (χ0) is 14.9. The van der Waals surface area contributed by atoms with Crippen molar-refractivity contribution in [2.45, 2.75) is 25.3 Å². The highest BCUT2D eigenvalue weighted by Crippen LogP contribution is 2.42. The number of halogens is 1. The van der Waals surface area contributed by atoms with Gasteiger partial charge >= 0.3 is 0 Å². The molecule has 1 aromatic heterocycles. The van der Waals surface area contributed by atoms with Gasteiger partial charge in [0, 0.05) is 43.7 Å². The maximum atomic E-state index is 6.06. The molecule has 0 N–H and O–H groups in total. The summed E-state index contributed by atoms with van der Waals surface area (Å²) in [6, 6.07) is 8.15. The molecule has 22 heavy (non-hydrogen) atoms. The number of hydrogen-bond acceptors (Lipinski definition) is 5. The van der Waals surface area contributed by atoms with Crippen molar-refractivity contribution in [3.05, 3.63) is 39.9 Å². The maximum Gasteiger partial charge on any atom is 0.208 e. The van der Waals surface area contributed by atoms with Gasteiger partial charge in [0.05, 0.1) is 0 Å². The first-order valence-corrected chi connectivity index (χ1v) is 9.02. The summed E-state index contributed by atoms with van der Waals surface area (Å²) in [5.41, 5.74) is 1.29. The van der Waals surface area contributed by atoms with Crippen LogP contribution in [-0.4, -0.2) is 41.3 Å². The van der Waals surface area contributed by atoms with Gasteiger partial charge < -0.3 is 4.90 Å². The molecule has 2 aromatic rings. The molecule has 6 heteroatoms. The first-order chi connectivity index (χ1) is 10.8. The van der Waals surface area contributed by atoms with Crippen LogP contribution < -0.4 is 4.90 Å². The van der Waals surface area contributed by atoms with Crippen LogP contribution in [0, 0.1) is 0 Å². The highest BCUT2D eigenvalue weighted by Gasteiger charge is 2.29. The summed E-state index contributed by atoms with van der Waals surface area (Å²) >= 11 is 7.84. The summed E-state index contributed by atoms with van der Waals surface area (Å²) in [5.74, 6) is 0.704. The number of anilines is 1. The van der Waals surface area contributed by atoms with Crippen LogP contribution in [-0.2, 0) is 6.54 Å². The normalized spacial score (nSPS) is 19.6. The van der Waals surface area contributed by atoms with Crippen LogP contribution in [0.2, 0.25) is 5.02 Å². The molecule has 116 valence electrons. The van der Waals surface area contributed by atoms with Crippen LogP contribution in [0.15, 0.2) is 24.3 Å². The first kappa shape index (κ1) is 14.4. The van der Waals surface area contributed by atoms with Gasteiger partial charge in [0.1, 0.15) is 5.01 Å². The Morgan fingerprint density at radius 3 is 2.68 bits per heavy atom. The van der Waals surface area contributed by atoms with E-state index in [1.165, 1.54) is 23.4 Å². The van der Waals surface area contributed by atoms with E-state index >= 15 is 0 Å². The molecule has 1 aromatic carbocycles. The van der Waals surface area contributed by atoms with E-state index in [0.717, 1.165) is 42.9 Å². The summed E-state index contributed by atoms with van der Waals surface area (Å²) in [5, 5.41) is 11.9. The third kappa shape index (κ3) is 3.26. The SMILES string of the molecule is Clc1cccc(CN2CCN(c3nnc(C4CC4)s3)CC2)c1. The molecule has 4 rings (SSSR count). The monoisotopic (exact) mass is 334 g/mol. The molecule has 4 nitrogen and oxygen atoms in total. The lowest BCUT2D eigenvalue weighted by Gasteiger charge is -2.34. The quantitative estimate of drug-likeness (QED) is 0.858. The fraction of sp³-hybridized carbons (Fsp3) is 0.500. The van der Waals surface area contributed by atoms with Crippen LogP contribution in [0.5, 0.6) is 0 Å². The summed E-state index contributed by atoms with van der Waals surface area (Å²) < 4.78 is 0. The van der Waals surface area contributed by atoms with Crippen LogP contribution in [0.3, 0.4) is 0 Å². The summed E-state index contributed by atoms with van der Waals surface area (Å²) in [7, 11) is 0. The van der Waals surface area contributed by atoms with Gasteiger partial charge in [0.2, 0.25) is 5.13 Å². The van der Waals surface area contributed by atoms with Crippen molar-refractivity contribution in [3.8, 4) is 0 Å². The van der Waals surface area contributed by atoms with Gasteiger partial charge in [-0.2, -0.15) is 0 Å². The van der Waals surface area contributed by atoms with E-state index in [2.05, 4.69) is 32.1 Å². The van der Waals surface area contributed by atoms with E-state index in [1.54, 1.807) is 11.3 Å². The highest BCUT2D eigenvalue weighted by molar-refractivity contribution is 7.15. The van der Waals surface area contributed by atoms with Crippen molar-refractivity contribution in [2.75, 3.05) is 31.1 Å². The van der Waals surface area contributed by atoms with Crippen molar-refractivity contribution in [3.63, 3.8) is 0 Å². The number of benzene rings is 1. The number of rotatable bonds is 4. The van der Waals surface area contributed by atoms with E-state index < -0.39 is 0 Å². The second kappa shape index (κ2) is 6.14. The minimum atomic E-state index is 0.704. The lowest BCUT2D eigenvalue weighted by atomic mass is 10.2. The van der Waals surface area contributed by atoms with Gasteiger partial charge in [-0.25, -0.2) is 0 Å². The molecule has 0 unspecified atom stereocenters. The predicted octanol–water partition coefficient (Wildman–Crippen LogP) is 3.39. The predicted molar refractivity (Wildman–Crippen MR) is 90.8 cm³/mol. The molecule has 0 amide bonds. The molecule has 0 spiro atoms. The van der Waals surface area contributed by atoms with Crippen molar-refractivity contribution < 1.29 is 0 Å². The van der Waals surface area contributed by atoms with Gasteiger partial charge in [-0.05, 0) is 30.5 Å². The van der Waals surface area contributed by atoms with Gasteiger partial charge in [-0.3, -0.25) is 4.90 Å². The third-order valence-corrected chi connectivity index (χ3v) is 5.68. The molecule has 0 atom stereocenters. The van der Waals surface area contributed by atoms with E-state index in [-0.39, 0.29) is 0 Å². The van der Waals surface area contributed by atoms with Gasteiger partial charge in [0.15, 0.2) is 0 Å². The largest absolute Gasteiger partial charge is 0.344 e. The Morgan fingerprint density at radius 1 is 1.14 bits per heavy atom. The topological polar surface area (TPSA) is 32.3 Å². The Bertz CT molecular complexity index is 647. The van der Waals surface area contributed by atoms with Gasteiger partial charge in [-0.15, -0.1) is 10.2 Å². The Balaban J connectivity index is 1.33. The Labute approximate surface area is 139 Å². The summed E-state index contributed by atoms with van der Waals surface area (Å²) in [4.78, 5) is 4.85. The van der Waals surface area contributed by atoms with Crippen molar-refractivity contribution in [1.82, 2.24) is 15.1 Å². The minimum absolute atomic E-state index is 0.704. The van der Waals surface area contributed by atoms with E-state index in [9.17, 15) is 0 Å². The van der Waals surface area contributed by atoms with E-state index in [4.69, 9.17) is 11.6 Å². The Morgan fingerprint density at radius 2 is 1.95 bits per heavy atom. The molecular formula is C16H19ClN4S. The molecule has 0 radical (unpaired) electrons. The number of nitrogens with zero attached hydrogens (tertiary/aromatic N) is 4. The number of aromatic nitrogens is 2. The van der Waals surface area contributed by atoms with E-state index in [0.29, 0.717) is 5.92 Å². The lowest BCUT2D eigenvalue weighted by Crippen LogP contribution is -2.45. The number of piperazine rings is 1. The zero-order valence-electron chi connectivity index (χ0n) is 12.4. The minimum Gasteiger partial charge on any atom is -0.344 e. The summed E-state index contributed by atoms with van der Waals surface area (Å²) in [6.07, 6.45) is 2.59.